The Morgan fingerprint density at radius 1 is 1.38 bits per heavy atom. The summed E-state index contributed by atoms with van der Waals surface area (Å²) in [5.41, 5.74) is 0.301. The summed E-state index contributed by atoms with van der Waals surface area (Å²) in [5, 5.41) is 12.0. The van der Waals surface area contributed by atoms with E-state index in [9.17, 15) is 14.7 Å². The summed E-state index contributed by atoms with van der Waals surface area (Å²) in [7, 11) is 1.45. The molecule has 1 fully saturated rings. The molecular weight excluding hydrogens is 272 g/mol. The highest BCUT2D eigenvalue weighted by Gasteiger charge is 2.31. The molecule has 1 aromatic heterocycles. The van der Waals surface area contributed by atoms with Gasteiger partial charge in [0.25, 0.3) is 5.91 Å². The Hall–Kier alpha value is -2.11. The molecule has 0 spiro atoms. The first kappa shape index (κ1) is 15.3. The van der Waals surface area contributed by atoms with E-state index in [4.69, 9.17) is 4.74 Å². The van der Waals surface area contributed by atoms with Crippen molar-refractivity contribution in [3.63, 3.8) is 0 Å². The molecule has 1 saturated carbocycles. The molecule has 21 heavy (non-hydrogen) atoms. The molecule has 0 bridgehead atoms. The van der Waals surface area contributed by atoms with Gasteiger partial charge in [0.05, 0.1) is 18.9 Å². The van der Waals surface area contributed by atoms with E-state index in [1.807, 2.05) is 0 Å². The van der Waals surface area contributed by atoms with Gasteiger partial charge in [-0.3, -0.25) is 9.78 Å². The van der Waals surface area contributed by atoms with Gasteiger partial charge in [-0.15, -0.1) is 0 Å². The smallest absolute Gasteiger partial charge is 0.326 e. The molecule has 2 rings (SSSR count). The fourth-order valence-corrected chi connectivity index (χ4v) is 2.80. The molecule has 1 unspecified atom stereocenters. The number of nitrogens with one attached hydrogen (secondary N) is 1. The summed E-state index contributed by atoms with van der Waals surface area (Å²) in [6.07, 6.45) is 7.76. The Morgan fingerprint density at radius 2 is 2.10 bits per heavy atom. The van der Waals surface area contributed by atoms with E-state index in [2.05, 4.69) is 10.3 Å². The number of hydrogen-bond acceptors (Lipinski definition) is 4. The minimum atomic E-state index is -0.983. The second-order valence-corrected chi connectivity index (χ2v) is 5.26. The second kappa shape index (κ2) is 7.06. The number of rotatable bonds is 5. The number of nitrogens with zero attached hydrogens (tertiary/aromatic N) is 1. The Balaban J connectivity index is 2.12. The predicted octanol–water partition coefficient (Wildman–Crippen LogP) is 1.85. The summed E-state index contributed by atoms with van der Waals surface area (Å²) >= 11 is 0. The van der Waals surface area contributed by atoms with Gasteiger partial charge in [-0.1, -0.05) is 19.3 Å². The average molecular weight is 292 g/mol. The molecule has 0 aromatic carbocycles. The number of carboxylic acids is 1. The van der Waals surface area contributed by atoms with Gasteiger partial charge in [-0.2, -0.15) is 0 Å². The third-order valence-corrected chi connectivity index (χ3v) is 3.92. The van der Waals surface area contributed by atoms with E-state index >= 15 is 0 Å². The lowest BCUT2D eigenvalue weighted by atomic mass is 9.84. The first-order valence-electron chi connectivity index (χ1n) is 7.15. The number of aliphatic carboxylic acids is 1. The van der Waals surface area contributed by atoms with Crippen LogP contribution in [0, 0.1) is 5.92 Å². The van der Waals surface area contributed by atoms with E-state index in [1.54, 1.807) is 0 Å². The minimum Gasteiger partial charge on any atom is -0.494 e. The van der Waals surface area contributed by atoms with Crippen molar-refractivity contribution in [2.75, 3.05) is 7.11 Å². The van der Waals surface area contributed by atoms with Gasteiger partial charge < -0.3 is 15.2 Å². The van der Waals surface area contributed by atoms with Crippen molar-refractivity contribution in [1.29, 1.82) is 0 Å². The Morgan fingerprint density at radius 3 is 2.71 bits per heavy atom. The van der Waals surface area contributed by atoms with Gasteiger partial charge in [0, 0.05) is 6.20 Å². The number of ether oxygens (including phenoxy) is 1. The van der Waals surface area contributed by atoms with Crippen LogP contribution in [0.5, 0.6) is 5.75 Å². The minimum absolute atomic E-state index is 0.00645. The quantitative estimate of drug-likeness (QED) is 0.864. The van der Waals surface area contributed by atoms with Crippen molar-refractivity contribution in [2.45, 2.75) is 38.1 Å². The maximum absolute atomic E-state index is 12.3. The summed E-state index contributed by atoms with van der Waals surface area (Å²) < 4.78 is 5.08. The lowest BCUT2D eigenvalue weighted by Crippen LogP contribution is -2.46. The van der Waals surface area contributed by atoms with E-state index in [0.717, 1.165) is 32.1 Å². The number of pyridine rings is 1. The maximum atomic E-state index is 12.3. The van der Waals surface area contributed by atoms with Gasteiger partial charge in [0.2, 0.25) is 0 Å². The van der Waals surface area contributed by atoms with E-state index < -0.39 is 17.9 Å². The summed E-state index contributed by atoms with van der Waals surface area (Å²) in [6, 6.07) is 0.671. The Labute approximate surface area is 123 Å². The number of hydrogen-bond donors (Lipinski definition) is 2. The van der Waals surface area contributed by atoms with Crippen LogP contribution < -0.4 is 10.1 Å². The van der Waals surface area contributed by atoms with Crippen LogP contribution in [0.2, 0.25) is 0 Å². The fourth-order valence-electron chi connectivity index (χ4n) is 2.80. The molecule has 0 aliphatic heterocycles. The maximum Gasteiger partial charge on any atom is 0.326 e. The molecule has 114 valence electrons. The van der Waals surface area contributed by atoms with Crippen LogP contribution in [0.4, 0.5) is 0 Å². The zero-order chi connectivity index (χ0) is 15.2. The van der Waals surface area contributed by atoms with Crippen molar-refractivity contribution >= 4 is 11.9 Å². The summed E-state index contributed by atoms with van der Waals surface area (Å²) in [4.78, 5) is 27.6. The summed E-state index contributed by atoms with van der Waals surface area (Å²) in [6.45, 7) is 0. The second-order valence-electron chi connectivity index (χ2n) is 5.26. The van der Waals surface area contributed by atoms with Crippen LogP contribution in [0.25, 0.3) is 0 Å². The monoisotopic (exact) mass is 292 g/mol. The Kier molecular flexibility index (Phi) is 5.14. The van der Waals surface area contributed by atoms with Crippen LogP contribution in [0.1, 0.15) is 42.5 Å². The van der Waals surface area contributed by atoms with E-state index in [-0.39, 0.29) is 5.92 Å². The number of carbonyl (C=O) groups excluding carboxylic acids is 1. The van der Waals surface area contributed by atoms with Gasteiger partial charge in [0.1, 0.15) is 11.8 Å². The summed E-state index contributed by atoms with van der Waals surface area (Å²) in [5.74, 6) is -1.09. The molecular formula is C15H20N2O4. The van der Waals surface area contributed by atoms with Gasteiger partial charge in [-0.25, -0.2) is 4.79 Å². The van der Waals surface area contributed by atoms with Crippen molar-refractivity contribution < 1.29 is 19.4 Å². The van der Waals surface area contributed by atoms with Crippen LogP contribution >= 0.6 is 0 Å². The van der Waals surface area contributed by atoms with Crippen LogP contribution in [-0.4, -0.2) is 35.1 Å². The van der Waals surface area contributed by atoms with Gasteiger partial charge >= 0.3 is 5.97 Å². The molecule has 1 aliphatic rings. The molecule has 1 aromatic rings. The molecule has 6 nitrogen and oxygen atoms in total. The SMILES string of the molecule is COc1cnccc1C(=O)NC(C(=O)O)C1CCCCC1. The molecule has 1 heterocycles. The highest BCUT2D eigenvalue weighted by molar-refractivity contribution is 5.98. The third-order valence-electron chi connectivity index (χ3n) is 3.92. The number of methoxy groups -OCH3 is 1. The fraction of sp³-hybridized carbons (Fsp3) is 0.533. The first-order valence-corrected chi connectivity index (χ1v) is 7.15. The average Bonchev–Trinajstić information content (AvgIpc) is 2.52. The zero-order valence-electron chi connectivity index (χ0n) is 12.0. The van der Waals surface area contributed by atoms with Crippen molar-refractivity contribution in [3.05, 3.63) is 24.0 Å². The standard InChI is InChI=1S/C15H20N2O4/c1-21-12-9-16-8-7-11(12)14(18)17-13(15(19)20)10-5-3-2-4-6-10/h7-10,13H,2-6H2,1H3,(H,17,18)(H,19,20). The molecule has 0 saturated heterocycles. The zero-order valence-corrected chi connectivity index (χ0v) is 12.0. The predicted molar refractivity (Wildman–Crippen MR) is 76.3 cm³/mol. The van der Waals surface area contributed by atoms with Crippen LogP contribution in [0.3, 0.4) is 0 Å². The van der Waals surface area contributed by atoms with Crippen molar-refractivity contribution in [2.24, 2.45) is 5.92 Å². The normalized spacial score (nSPS) is 17.0. The molecule has 6 heteroatoms. The van der Waals surface area contributed by atoms with Gasteiger partial charge in [0.15, 0.2) is 0 Å². The number of aromatic nitrogens is 1. The van der Waals surface area contributed by atoms with Crippen molar-refractivity contribution in [3.8, 4) is 5.75 Å². The molecule has 2 N–H and O–H groups in total. The molecule has 1 amide bonds. The number of amides is 1. The molecule has 1 atom stereocenters. The van der Waals surface area contributed by atoms with E-state index in [1.165, 1.54) is 25.6 Å². The van der Waals surface area contributed by atoms with E-state index in [0.29, 0.717) is 11.3 Å². The highest BCUT2D eigenvalue weighted by Crippen LogP contribution is 2.27. The first-order chi connectivity index (χ1) is 10.1. The third kappa shape index (κ3) is 3.71. The lowest BCUT2D eigenvalue weighted by molar-refractivity contribution is -0.141. The Bertz CT molecular complexity index is 512. The highest BCUT2D eigenvalue weighted by atomic mass is 16.5. The lowest BCUT2D eigenvalue weighted by Gasteiger charge is -2.28. The van der Waals surface area contributed by atoms with Gasteiger partial charge in [-0.05, 0) is 24.8 Å². The largest absolute Gasteiger partial charge is 0.494 e. The molecule has 1 aliphatic carbocycles. The topological polar surface area (TPSA) is 88.5 Å². The van der Waals surface area contributed by atoms with Crippen molar-refractivity contribution in [1.82, 2.24) is 10.3 Å². The van der Waals surface area contributed by atoms with Crippen LogP contribution in [0.15, 0.2) is 18.5 Å². The van der Waals surface area contributed by atoms with Crippen LogP contribution in [-0.2, 0) is 4.79 Å². The number of carboxylic acid groups (broad SMARTS) is 1. The number of carbonyl (C=O) groups is 2. The molecule has 0 radical (unpaired) electrons.